The van der Waals surface area contributed by atoms with Crippen molar-refractivity contribution in [2.75, 3.05) is 19.7 Å². The molecule has 0 aliphatic carbocycles. The van der Waals surface area contributed by atoms with Crippen LogP contribution in [0.5, 0.6) is 0 Å². The molecule has 1 saturated heterocycles. The molecule has 0 amide bonds. The van der Waals surface area contributed by atoms with Crippen LogP contribution < -0.4 is 5.32 Å². The van der Waals surface area contributed by atoms with Gasteiger partial charge in [-0.3, -0.25) is 4.79 Å². The Bertz CT molecular complexity index is 198. The second kappa shape index (κ2) is 7.60. The van der Waals surface area contributed by atoms with Gasteiger partial charge in [0, 0.05) is 12.8 Å². The third kappa shape index (κ3) is 5.70. The van der Waals surface area contributed by atoms with Crippen LogP contribution in [0.2, 0.25) is 0 Å². The summed E-state index contributed by atoms with van der Waals surface area (Å²) < 4.78 is 5.65. The minimum absolute atomic E-state index is 0.281. The molecule has 1 rings (SSSR count). The van der Waals surface area contributed by atoms with Gasteiger partial charge in [0.25, 0.3) is 0 Å². The van der Waals surface area contributed by atoms with Crippen molar-refractivity contribution in [3.05, 3.63) is 12.7 Å². The Labute approximate surface area is 91.9 Å². The van der Waals surface area contributed by atoms with Gasteiger partial charge in [-0.1, -0.05) is 6.08 Å². The minimum Gasteiger partial charge on any atom is -0.378 e. The van der Waals surface area contributed by atoms with E-state index in [2.05, 4.69) is 11.9 Å². The van der Waals surface area contributed by atoms with Crippen molar-refractivity contribution < 1.29 is 9.53 Å². The molecule has 86 valence electrons. The van der Waals surface area contributed by atoms with Gasteiger partial charge >= 0.3 is 0 Å². The molecule has 3 heteroatoms. The van der Waals surface area contributed by atoms with E-state index >= 15 is 0 Å². The first-order valence-electron chi connectivity index (χ1n) is 5.78. The van der Waals surface area contributed by atoms with Gasteiger partial charge in [-0.25, -0.2) is 0 Å². The summed E-state index contributed by atoms with van der Waals surface area (Å²) in [5.74, 6) is 0.281. The van der Waals surface area contributed by atoms with Gasteiger partial charge in [0.1, 0.15) is 5.78 Å². The summed E-state index contributed by atoms with van der Waals surface area (Å²) in [6, 6.07) is 0. The first-order valence-corrected chi connectivity index (χ1v) is 5.78. The molecule has 1 heterocycles. The van der Waals surface area contributed by atoms with E-state index in [-0.39, 0.29) is 5.78 Å². The quantitative estimate of drug-likeness (QED) is 0.651. The molecular weight excluding hydrogens is 190 g/mol. The standard InChI is InChI=1S/C12H21NO2/c1-2-3-4-11(14)7-10-15-12-5-8-13-9-6-12/h2,12-13H,1,3-10H2. The Hall–Kier alpha value is -0.670. The molecule has 1 N–H and O–H groups in total. The second-order valence-electron chi connectivity index (χ2n) is 3.94. The van der Waals surface area contributed by atoms with Crippen LogP contribution in [0.1, 0.15) is 32.1 Å². The zero-order valence-corrected chi connectivity index (χ0v) is 9.34. The lowest BCUT2D eigenvalue weighted by atomic mass is 10.1. The number of carbonyl (C=O) groups excluding carboxylic acids is 1. The Morgan fingerprint density at radius 3 is 2.80 bits per heavy atom. The van der Waals surface area contributed by atoms with Crippen LogP contribution in [0.3, 0.4) is 0 Å². The van der Waals surface area contributed by atoms with Gasteiger partial charge in [0.15, 0.2) is 0 Å². The van der Waals surface area contributed by atoms with Crippen molar-refractivity contribution in [1.82, 2.24) is 5.32 Å². The number of piperidine rings is 1. The molecule has 0 aromatic heterocycles. The third-order valence-corrected chi connectivity index (χ3v) is 2.65. The number of hydrogen-bond donors (Lipinski definition) is 1. The molecule has 3 nitrogen and oxygen atoms in total. The highest BCUT2D eigenvalue weighted by Gasteiger charge is 2.13. The number of rotatable bonds is 7. The molecular formula is C12H21NO2. The van der Waals surface area contributed by atoms with Gasteiger partial charge in [-0.15, -0.1) is 6.58 Å². The Balaban J connectivity index is 1.99. The van der Waals surface area contributed by atoms with Gasteiger partial charge in [-0.2, -0.15) is 0 Å². The lowest BCUT2D eigenvalue weighted by Crippen LogP contribution is -2.32. The van der Waals surface area contributed by atoms with Crippen molar-refractivity contribution in [3.8, 4) is 0 Å². The van der Waals surface area contributed by atoms with E-state index in [1.807, 2.05) is 0 Å². The second-order valence-corrected chi connectivity index (χ2v) is 3.94. The number of carbonyl (C=O) groups is 1. The highest BCUT2D eigenvalue weighted by atomic mass is 16.5. The lowest BCUT2D eigenvalue weighted by Gasteiger charge is -2.22. The van der Waals surface area contributed by atoms with E-state index < -0.39 is 0 Å². The molecule has 0 saturated carbocycles. The predicted octanol–water partition coefficient (Wildman–Crippen LogP) is 1.68. The fourth-order valence-electron chi connectivity index (χ4n) is 1.69. The minimum atomic E-state index is 0.281. The van der Waals surface area contributed by atoms with E-state index in [1.54, 1.807) is 6.08 Å². The zero-order chi connectivity index (χ0) is 10.9. The summed E-state index contributed by atoms with van der Waals surface area (Å²) >= 11 is 0. The van der Waals surface area contributed by atoms with Crippen LogP contribution in [0, 0.1) is 0 Å². The summed E-state index contributed by atoms with van der Waals surface area (Å²) in [5, 5.41) is 3.28. The fourth-order valence-corrected chi connectivity index (χ4v) is 1.69. The molecule has 1 fully saturated rings. The molecule has 1 aliphatic rings. The van der Waals surface area contributed by atoms with Gasteiger partial charge in [-0.05, 0) is 32.4 Å². The third-order valence-electron chi connectivity index (χ3n) is 2.65. The summed E-state index contributed by atoms with van der Waals surface area (Å²) in [6.45, 7) is 6.25. The normalized spacial score (nSPS) is 17.6. The van der Waals surface area contributed by atoms with Crippen LogP contribution in [-0.4, -0.2) is 31.6 Å². The summed E-state index contributed by atoms with van der Waals surface area (Å²) in [5.41, 5.74) is 0. The molecule has 0 unspecified atom stereocenters. The number of hydrogen-bond acceptors (Lipinski definition) is 3. The van der Waals surface area contributed by atoms with Crippen LogP contribution in [0.25, 0.3) is 0 Å². The highest BCUT2D eigenvalue weighted by Crippen LogP contribution is 2.08. The summed E-state index contributed by atoms with van der Waals surface area (Å²) in [6.07, 6.45) is 6.23. The van der Waals surface area contributed by atoms with E-state index in [0.717, 1.165) is 32.4 Å². The van der Waals surface area contributed by atoms with Gasteiger partial charge in [0.05, 0.1) is 12.7 Å². The largest absolute Gasteiger partial charge is 0.378 e. The first-order chi connectivity index (χ1) is 7.33. The topological polar surface area (TPSA) is 38.3 Å². The number of nitrogens with one attached hydrogen (secondary N) is 1. The number of ether oxygens (including phenoxy) is 1. The van der Waals surface area contributed by atoms with Gasteiger partial charge < -0.3 is 10.1 Å². The Kier molecular flexibility index (Phi) is 6.28. The number of allylic oxidation sites excluding steroid dienone is 1. The maximum atomic E-state index is 11.3. The Morgan fingerprint density at radius 1 is 1.40 bits per heavy atom. The molecule has 0 aromatic rings. The Morgan fingerprint density at radius 2 is 2.13 bits per heavy atom. The van der Waals surface area contributed by atoms with Gasteiger partial charge in [0.2, 0.25) is 0 Å². The number of ketones is 1. The molecule has 0 spiro atoms. The highest BCUT2D eigenvalue weighted by molar-refractivity contribution is 5.78. The van der Waals surface area contributed by atoms with Crippen LogP contribution in [-0.2, 0) is 9.53 Å². The van der Waals surface area contributed by atoms with Crippen molar-refractivity contribution >= 4 is 5.78 Å². The lowest BCUT2D eigenvalue weighted by molar-refractivity contribution is -0.120. The first kappa shape index (κ1) is 12.4. The van der Waals surface area contributed by atoms with E-state index in [0.29, 0.717) is 25.6 Å². The van der Waals surface area contributed by atoms with Crippen molar-refractivity contribution in [2.24, 2.45) is 0 Å². The molecule has 15 heavy (non-hydrogen) atoms. The van der Waals surface area contributed by atoms with Crippen LogP contribution in [0.15, 0.2) is 12.7 Å². The van der Waals surface area contributed by atoms with Crippen molar-refractivity contribution in [3.63, 3.8) is 0 Å². The predicted molar refractivity (Wildman–Crippen MR) is 60.9 cm³/mol. The molecule has 0 aromatic carbocycles. The van der Waals surface area contributed by atoms with Crippen molar-refractivity contribution in [2.45, 2.75) is 38.2 Å². The summed E-state index contributed by atoms with van der Waals surface area (Å²) in [7, 11) is 0. The average Bonchev–Trinajstić information content (AvgIpc) is 2.28. The van der Waals surface area contributed by atoms with Crippen LogP contribution in [0.4, 0.5) is 0 Å². The molecule has 0 radical (unpaired) electrons. The average molecular weight is 211 g/mol. The molecule has 0 atom stereocenters. The number of Topliss-reactive ketones (excluding diaryl/α,β-unsaturated/α-hetero) is 1. The van der Waals surface area contributed by atoms with E-state index in [1.165, 1.54) is 0 Å². The van der Waals surface area contributed by atoms with E-state index in [4.69, 9.17) is 4.74 Å². The smallest absolute Gasteiger partial charge is 0.135 e. The maximum Gasteiger partial charge on any atom is 0.135 e. The SMILES string of the molecule is C=CCCC(=O)CCOC1CCNCC1. The van der Waals surface area contributed by atoms with E-state index in [9.17, 15) is 4.79 Å². The molecule has 0 bridgehead atoms. The monoisotopic (exact) mass is 211 g/mol. The maximum absolute atomic E-state index is 11.3. The molecule has 1 aliphatic heterocycles. The van der Waals surface area contributed by atoms with Crippen molar-refractivity contribution in [1.29, 1.82) is 0 Å². The van der Waals surface area contributed by atoms with Crippen LogP contribution >= 0.6 is 0 Å². The summed E-state index contributed by atoms with van der Waals surface area (Å²) in [4.78, 5) is 11.3. The fraction of sp³-hybridized carbons (Fsp3) is 0.750. The zero-order valence-electron chi connectivity index (χ0n) is 9.34.